The number of benzene rings is 1. The summed E-state index contributed by atoms with van der Waals surface area (Å²) in [5.74, 6) is 1.19. The molecule has 0 saturated heterocycles. The minimum absolute atomic E-state index is 0.592. The van der Waals surface area contributed by atoms with Gasteiger partial charge in [-0.15, -0.1) is 0 Å². The zero-order valence-electron chi connectivity index (χ0n) is 11.5. The first-order valence-corrected chi connectivity index (χ1v) is 6.86. The Hall–Kier alpha value is -2.14. The standard InChI is InChI=1S/C15H18N4O/c1-2-20-14-5-6-17-15(19-14)18-8-11-3-4-12-9-16-10-13(12)7-11/h3-7,16H,2,8-10H2,1H3,(H,17,18,19). The van der Waals surface area contributed by atoms with Crippen LogP contribution in [0, 0.1) is 0 Å². The largest absolute Gasteiger partial charge is 0.478 e. The van der Waals surface area contributed by atoms with Gasteiger partial charge in [-0.05, 0) is 23.6 Å². The van der Waals surface area contributed by atoms with Crippen LogP contribution in [-0.2, 0) is 19.6 Å². The number of rotatable bonds is 5. The molecule has 0 amide bonds. The molecule has 5 nitrogen and oxygen atoms in total. The molecule has 1 aliphatic heterocycles. The van der Waals surface area contributed by atoms with Gasteiger partial charge in [-0.25, -0.2) is 4.98 Å². The SMILES string of the molecule is CCOc1ccnc(NCc2ccc3c(c2)CNC3)n1. The molecule has 0 bridgehead atoms. The van der Waals surface area contributed by atoms with E-state index >= 15 is 0 Å². The number of nitrogens with zero attached hydrogens (tertiary/aromatic N) is 2. The average molecular weight is 270 g/mol. The van der Waals surface area contributed by atoms with Crippen molar-refractivity contribution in [3.63, 3.8) is 0 Å². The maximum Gasteiger partial charge on any atom is 0.226 e. The smallest absolute Gasteiger partial charge is 0.226 e. The quantitative estimate of drug-likeness (QED) is 0.871. The van der Waals surface area contributed by atoms with Gasteiger partial charge < -0.3 is 15.4 Å². The van der Waals surface area contributed by atoms with Gasteiger partial charge in [0.1, 0.15) is 0 Å². The van der Waals surface area contributed by atoms with Gasteiger partial charge in [0.25, 0.3) is 0 Å². The Bertz CT molecular complexity index is 600. The summed E-state index contributed by atoms with van der Waals surface area (Å²) in [7, 11) is 0. The second-order valence-corrected chi connectivity index (χ2v) is 4.71. The number of fused-ring (bicyclic) bond motifs is 1. The van der Waals surface area contributed by atoms with Crippen LogP contribution in [0.3, 0.4) is 0 Å². The molecule has 0 atom stereocenters. The number of nitrogens with one attached hydrogen (secondary N) is 2. The van der Waals surface area contributed by atoms with E-state index in [2.05, 4.69) is 38.8 Å². The van der Waals surface area contributed by atoms with Crippen LogP contribution in [0.15, 0.2) is 30.5 Å². The van der Waals surface area contributed by atoms with Crippen molar-refractivity contribution < 1.29 is 4.74 Å². The summed E-state index contributed by atoms with van der Waals surface area (Å²) in [4.78, 5) is 8.49. The highest BCUT2D eigenvalue weighted by atomic mass is 16.5. The van der Waals surface area contributed by atoms with E-state index < -0.39 is 0 Å². The molecule has 0 spiro atoms. The highest BCUT2D eigenvalue weighted by molar-refractivity contribution is 5.36. The Balaban J connectivity index is 1.65. The average Bonchev–Trinajstić information content (AvgIpc) is 2.93. The van der Waals surface area contributed by atoms with Crippen molar-refractivity contribution in [3.8, 4) is 5.88 Å². The van der Waals surface area contributed by atoms with Crippen LogP contribution in [-0.4, -0.2) is 16.6 Å². The Kier molecular flexibility index (Phi) is 3.78. The predicted molar refractivity (Wildman–Crippen MR) is 77.5 cm³/mol. The molecular weight excluding hydrogens is 252 g/mol. The van der Waals surface area contributed by atoms with E-state index in [4.69, 9.17) is 4.74 Å². The number of ether oxygens (including phenoxy) is 1. The van der Waals surface area contributed by atoms with Crippen LogP contribution in [0.5, 0.6) is 5.88 Å². The maximum atomic E-state index is 5.36. The number of hydrogen-bond donors (Lipinski definition) is 2. The van der Waals surface area contributed by atoms with Crippen LogP contribution < -0.4 is 15.4 Å². The predicted octanol–water partition coefficient (Wildman–Crippen LogP) is 2.09. The summed E-state index contributed by atoms with van der Waals surface area (Å²) in [5, 5.41) is 6.58. The number of hydrogen-bond acceptors (Lipinski definition) is 5. The molecule has 1 aromatic heterocycles. The summed E-state index contributed by atoms with van der Waals surface area (Å²) in [6, 6.07) is 8.32. The number of anilines is 1. The summed E-state index contributed by atoms with van der Waals surface area (Å²) in [5.41, 5.74) is 4.01. The van der Waals surface area contributed by atoms with Crippen molar-refractivity contribution in [2.45, 2.75) is 26.6 Å². The molecule has 3 rings (SSSR count). The highest BCUT2D eigenvalue weighted by Gasteiger charge is 2.10. The van der Waals surface area contributed by atoms with E-state index in [1.54, 1.807) is 12.3 Å². The van der Waals surface area contributed by atoms with Crippen LogP contribution in [0.2, 0.25) is 0 Å². The monoisotopic (exact) mass is 270 g/mol. The molecule has 2 aromatic rings. The fourth-order valence-electron chi connectivity index (χ4n) is 2.29. The second kappa shape index (κ2) is 5.88. The molecule has 2 heterocycles. The lowest BCUT2D eigenvalue weighted by Crippen LogP contribution is -2.05. The summed E-state index contributed by atoms with van der Waals surface area (Å²) < 4.78 is 5.36. The molecule has 104 valence electrons. The van der Waals surface area contributed by atoms with Gasteiger partial charge in [-0.2, -0.15) is 4.98 Å². The van der Waals surface area contributed by atoms with Gasteiger partial charge >= 0.3 is 0 Å². The number of aromatic nitrogens is 2. The normalized spacial score (nSPS) is 13.1. The first-order valence-electron chi connectivity index (χ1n) is 6.86. The molecule has 2 N–H and O–H groups in total. The minimum atomic E-state index is 0.592. The van der Waals surface area contributed by atoms with Gasteiger partial charge in [-0.3, -0.25) is 0 Å². The third-order valence-electron chi connectivity index (χ3n) is 3.27. The van der Waals surface area contributed by atoms with E-state index in [1.807, 2.05) is 6.92 Å². The van der Waals surface area contributed by atoms with Crippen LogP contribution in [0.1, 0.15) is 23.6 Å². The highest BCUT2D eigenvalue weighted by Crippen LogP contribution is 2.17. The summed E-state index contributed by atoms with van der Waals surface area (Å²) in [6.07, 6.45) is 1.70. The fourth-order valence-corrected chi connectivity index (χ4v) is 2.29. The van der Waals surface area contributed by atoms with Crippen molar-refractivity contribution in [2.24, 2.45) is 0 Å². The van der Waals surface area contributed by atoms with Crippen molar-refractivity contribution in [1.82, 2.24) is 15.3 Å². The van der Waals surface area contributed by atoms with Gasteiger partial charge in [0.15, 0.2) is 0 Å². The van der Waals surface area contributed by atoms with E-state index in [0.29, 0.717) is 25.0 Å². The van der Waals surface area contributed by atoms with E-state index in [0.717, 1.165) is 13.1 Å². The zero-order chi connectivity index (χ0) is 13.8. The molecule has 20 heavy (non-hydrogen) atoms. The molecular formula is C15H18N4O. The lowest BCUT2D eigenvalue weighted by molar-refractivity contribution is 0.326. The molecule has 0 unspecified atom stereocenters. The topological polar surface area (TPSA) is 59.1 Å². The van der Waals surface area contributed by atoms with Crippen molar-refractivity contribution >= 4 is 5.95 Å². The molecule has 1 aromatic carbocycles. The lowest BCUT2D eigenvalue weighted by atomic mass is 10.1. The molecule has 0 aliphatic carbocycles. The van der Waals surface area contributed by atoms with Crippen molar-refractivity contribution in [3.05, 3.63) is 47.2 Å². The Labute approximate surface area is 118 Å². The Morgan fingerprint density at radius 2 is 2.15 bits per heavy atom. The Morgan fingerprint density at radius 1 is 1.25 bits per heavy atom. The molecule has 0 saturated carbocycles. The van der Waals surface area contributed by atoms with Crippen molar-refractivity contribution in [1.29, 1.82) is 0 Å². The van der Waals surface area contributed by atoms with Gasteiger partial charge in [0.2, 0.25) is 11.8 Å². The maximum absolute atomic E-state index is 5.36. The molecule has 5 heteroatoms. The van der Waals surface area contributed by atoms with Crippen LogP contribution in [0.4, 0.5) is 5.95 Å². The van der Waals surface area contributed by atoms with Gasteiger partial charge in [0, 0.05) is 31.9 Å². The zero-order valence-corrected chi connectivity index (χ0v) is 11.5. The van der Waals surface area contributed by atoms with E-state index in [1.165, 1.54) is 16.7 Å². The van der Waals surface area contributed by atoms with Gasteiger partial charge in [-0.1, -0.05) is 18.2 Å². The van der Waals surface area contributed by atoms with Gasteiger partial charge in [0.05, 0.1) is 6.61 Å². The molecule has 0 radical (unpaired) electrons. The molecule has 1 aliphatic rings. The minimum Gasteiger partial charge on any atom is -0.478 e. The first kappa shape index (κ1) is 12.9. The first-order chi connectivity index (χ1) is 9.85. The second-order valence-electron chi connectivity index (χ2n) is 4.71. The van der Waals surface area contributed by atoms with Crippen LogP contribution in [0.25, 0.3) is 0 Å². The molecule has 0 fully saturated rings. The van der Waals surface area contributed by atoms with E-state index in [-0.39, 0.29) is 0 Å². The summed E-state index contributed by atoms with van der Waals surface area (Å²) >= 11 is 0. The Morgan fingerprint density at radius 3 is 3.05 bits per heavy atom. The lowest BCUT2D eigenvalue weighted by Gasteiger charge is -2.08. The van der Waals surface area contributed by atoms with E-state index in [9.17, 15) is 0 Å². The third kappa shape index (κ3) is 2.88. The van der Waals surface area contributed by atoms with Crippen LogP contribution >= 0.6 is 0 Å². The summed E-state index contributed by atoms with van der Waals surface area (Å²) in [6.45, 7) is 5.19. The van der Waals surface area contributed by atoms with Crippen molar-refractivity contribution in [2.75, 3.05) is 11.9 Å². The third-order valence-corrected chi connectivity index (χ3v) is 3.27. The fraction of sp³-hybridized carbons (Fsp3) is 0.333.